The van der Waals surface area contributed by atoms with Crippen molar-refractivity contribution in [3.8, 4) is 0 Å². The van der Waals surface area contributed by atoms with E-state index in [0.29, 0.717) is 5.69 Å². The zero-order chi connectivity index (χ0) is 13.0. The number of carbonyl (C=O) groups excluding carboxylic acids is 1. The average Bonchev–Trinajstić information content (AvgIpc) is 2.99. The second-order valence-corrected chi connectivity index (χ2v) is 4.34. The number of nitrogens with one attached hydrogen (secondary N) is 1. The number of amides is 1. The average molecular weight is 246 g/mol. The molecule has 18 heavy (non-hydrogen) atoms. The van der Waals surface area contributed by atoms with Crippen LogP contribution in [0.15, 0.2) is 37.1 Å². The fourth-order valence-corrected chi connectivity index (χ4v) is 1.88. The zero-order valence-electron chi connectivity index (χ0n) is 10.7. The molecular weight excluding hydrogens is 228 g/mol. The summed E-state index contributed by atoms with van der Waals surface area (Å²) in [6.45, 7) is 2.81. The van der Waals surface area contributed by atoms with Gasteiger partial charge in [-0.15, -0.1) is 0 Å². The number of nitrogens with zero attached hydrogens (tertiary/aromatic N) is 3. The lowest BCUT2D eigenvalue weighted by molar-refractivity contribution is 0.0923. The molecule has 5 heteroatoms. The van der Waals surface area contributed by atoms with E-state index >= 15 is 0 Å². The van der Waals surface area contributed by atoms with Gasteiger partial charge in [0.1, 0.15) is 5.69 Å². The van der Waals surface area contributed by atoms with E-state index < -0.39 is 0 Å². The Hall–Kier alpha value is -2.04. The smallest absolute Gasteiger partial charge is 0.268 e. The quantitative estimate of drug-likeness (QED) is 0.867. The molecule has 2 rings (SSSR count). The number of hydrogen-bond acceptors (Lipinski definition) is 2. The Morgan fingerprint density at radius 3 is 2.89 bits per heavy atom. The Morgan fingerprint density at radius 2 is 2.33 bits per heavy atom. The van der Waals surface area contributed by atoms with Crippen LogP contribution in [0, 0.1) is 0 Å². The van der Waals surface area contributed by atoms with E-state index in [-0.39, 0.29) is 11.9 Å². The third-order valence-corrected chi connectivity index (χ3v) is 2.99. The lowest BCUT2D eigenvalue weighted by atomic mass is 10.2. The van der Waals surface area contributed by atoms with Gasteiger partial charge in [0.05, 0.1) is 6.33 Å². The summed E-state index contributed by atoms with van der Waals surface area (Å²) in [5.41, 5.74) is 0.680. The van der Waals surface area contributed by atoms with Crippen LogP contribution in [0.25, 0.3) is 0 Å². The van der Waals surface area contributed by atoms with E-state index in [9.17, 15) is 4.79 Å². The first-order chi connectivity index (χ1) is 8.70. The molecule has 0 fully saturated rings. The highest BCUT2D eigenvalue weighted by Crippen LogP contribution is 2.03. The van der Waals surface area contributed by atoms with Gasteiger partial charge < -0.3 is 14.5 Å². The molecule has 2 heterocycles. The summed E-state index contributed by atoms with van der Waals surface area (Å²) >= 11 is 0. The van der Waals surface area contributed by atoms with E-state index in [1.54, 1.807) is 12.5 Å². The Morgan fingerprint density at radius 1 is 1.50 bits per heavy atom. The van der Waals surface area contributed by atoms with E-state index in [1.807, 2.05) is 40.7 Å². The van der Waals surface area contributed by atoms with Gasteiger partial charge in [-0.05, 0) is 18.6 Å². The number of imidazole rings is 1. The zero-order valence-corrected chi connectivity index (χ0v) is 10.7. The third kappa shape index (κ3) is 2.80. The summed E-state index contributed by atoms with van der Waals surface area (Å²) in [7, 11) is 1.87. The number of aromatic nitrogens is 3. The minimum absolute atomic E-state index is 0.0329. The van der Waals surface area contributed by atoms with Crippen LogP contribution in [0.3, 0.4) is 0 Å². The molecule has 5 nitrogen and oxygen atoms in total. The molecule has 0 aliphatic rings. The molecule has 1 amide bonds. The summed E-state index contributed by atoms with van der Waals surface area (Å²) in [4.78, 5) is 16.1. The van der Waals surface area contributed by atoms with Crippen LogP contribution >= 0.6 is 0 Å². The molecule has 2 aromatic rings. The van der Waals surface area contributed by atoms with Crippen molar-refractivity contribution < 1.29 is 4.79 Å². The standard InChI is InChI=1S/C13H18N4O/c1-3-11(9-17-8-6-14-10-17)15-13(18)12-5-4-7-16(12)2/h4-8,10-11H,3,9H2,1-2H3,(H,15,18). The molecule has 96 valence electrons. The van der Waals surface area contributed by atoms with E-state index in [0.717, 1.165) is 13.0 Å². The number of rotatable bonds is 5. The molecule has 2 aromatic heterocycles. The van der Waals surface area contributed by atoms with Gasteiger partial charge in [-0.25, -0.2) is 4.98 Å². The van der Waals surface area contributed by atoms with E-state index in [1.165, 1.54) is 0 Å². The summed E-state index contributed by atoms with van der Waals surface area (Å²) in [6, 6.07) is 3.80. The van der Waals surface area contributed by atoms with Crippen molar-refractivity contribution in [3.05, 3.63) is 42.7 Å². The largest absolute Gasteiger partial charge is 0.347 e. The predicted molar refractivity (Wildman–Crippen MR) is 69.2 cm³/mol. The highest BCUT2D eigenvalue weighted by atomic mass is 16.2. The molecule has 1 N–H and O–H groups in total. The minimum atomic E-state index is -0.0329. The topological polar surface area (TPSA) is 51.9 Å². The van der Waals surface area contributed by atoms with Crippen LogP contribution in [-0.4, -0.2) is 26.1 Å². The number of carbonyl (C=O) groups is 1. The van der Waals surface area contributed by atoms with Gasteiger partial charge in [0, 0.05) is 38.2 Å². The van der Waals surface area contributed by atoms with Crippen LogP contribution in [-0.2, 0) is 13.6 Å². The van der Waals surface area contributed by atoms with Gasteiger partial charge in [-0.2, -0.15) is 0 Å². The monoisotopic (exact) mass is 246 g/mol. The van der Waals surface area contributed by atoms with Crippen LogP contribution < -0.4 is 5.32 Å². The predicted octanol–water partition coefficient (Wildman–Crippen LogP) is 1.43. The van der Waals surface area contributed by atoms with Crippen molar-refractivity contribution in [1.82, 2.24) is 19.4 Å². The van der Waals surface area contributed by atoms with Gasteiger partial charge in [-0.3, -0.25) is 4.79 Å². The second kappa shape index (κ2) is 5.53. The van der Waals surface area contributed by atoms with Gasteiger partial charge in [0.2, 0.25) is 0 Å². The molecule has 0 saturated carbocycles. The lowest BCUT2D eigenvalue weighted by Gasteiger charge is -2.17. The molecule has 0 spiro atoms. The fourth-order valence-electron chi connectivity index (χ4n) is 1.88. The maximum Gasteiger partial charge on any atom is 0.268 e. The van der Waals surface area contributed by atoms with Crippen LogP contribution in [0.5, 0.6) is 0 Å². The Kier molecular flexibility index (Phi) is 3.82. The molecule has 0 aliphatic carbocycles. The third-order valence-electron chi connectivity index (χ3n) is 2.99. The summed E-state index contributed by atoms with van der Waals surface area (Å²) in [5.74, 6) is -0.0329. The van der Waals surface area contributed by atoms with Crippen molar-refractivity contribution in [2.24, 2.45) is 7.05 Å². The maximum atomic E-state index is 12.1. The van der Waals surface area contributed by atoms with Crippen molar-refractivity contribution in [2.45, 2.75) is 25.9 Å². The molecule has 0 saturated heterocycles. The van der Waals surface area contributed by atoms with Crippen molar-refractivity contribution in [3.63, 3.8) is 0 Å². The maximum absolute atomic E-state index is 12.1. The van der Waals surface area contributed by atoms with Gasteiger partial charge in [-0.1, -0.05) is 6.92 Å². The molecular formula is C13H18N4O. The number of hydrogen-bond donors (Lipinski definition) is 1. The molecule has 1 unspecified atom stereocenters. The first kappa shape index (κ1) is 12.4. The van der Waals surface area contributed by atoms with Gasteiger partial charge >= 0.3 is 0 Å². The first-order valence-electron chi connectivity index (χ1n) is 6.08. The first-order valence-corrected chi connectivity index (χ1v) is 6.08. The van der Waals surface area contributed by atoms with E-state index in [2.05, 4.69) is 17.2 Å². The van der Waals surface area contributed by atoms with Crippen LogP contribution in [0.2, 0.25) is 0 Å². The van der Waals surface area contributed by atoms with E-state index in [4.69, 9.17) is 0 Å². The molecule has 0 aromatic carbocycles. The van der Waals surface area contributed by atoms with Crippen LogP contribution in [0.1, 0.15) is 23.8 Å². The lowest BCUT2D eigenvalue weighted by Crippen LogP contribution is -2.38. The molecule has 0 radical (unpaired) electrons. The molecule has 0 aliphatic heterocycles. The minimum Gasteiger partial charge on any atom is -0.347 e. The SMILES string of the molecule is CCC(Cn1ccnc1)NC(=O)c1cccn1C. The second-order valence-electron chi connectivity index (χ2n) is 4.34. The van der Waals surface area contributed by atoms with Gasteiger partial charge in [0.15, 0.2) is 0 Å². The van der Waals surface area contributed by atoms with Gasteiger partial charge in [0.25, 0.3) is 5.91 Å². The molecule has 1 atom stereocenters. The molecule has 0 bridgehead atoms. The normalized spacial score (nSPS) is 12.3. The Labute approximate surface area is 106 Å². The summed E-state index contributed by atoms with van der Waals surface area (Å²) in [5, 5.41) is 3.04. The highest BCUT2D eigenvalue weighted by Gasteiger charge is 2.14. The van der Waals surface area contributed by atoms with Crippen molar-refractivity contribution in [1.29, 1.82) is 0 Å². The number of aryl methyl sites for hydroxylation is 1. The fraction of sp³-hybridized carbons (Fsp3) is 0.385. The van der Waals surface area contributed by atoms with Crippen molar-refractivity contribution in [2.75, 3.05) is 0 Å². The highest BCUT2D eigenvalue weighted by molar-refractivity contribution is 5.92. The summed E-state index contributed by atoms with van der Waals surface area (Å²) in [6.07, 6.45) is 8.15. The van der Waals surface area contributed by atoms with Crippen LogP contribution in [0.4, 0.5) is 0 Å². The Balaban J connectivity index is 1.98. The Bertz CT molecular complexity index is 501. The summed E-state index contributed by atoms with van der Waals surface area (Å²) < 4.78 is 3.79. The van der Waals surface area contributed by atoms with Crippen molar-refractivity contribution >= 4 is 5.91 Å².